The molecule has 0 aromatic heterocycles. The number of likely N-dealkylation sites (tertiary alicyclic amines) is 1. The van der Waals surface area contributed by atoms with E-state index in [1.807, 2.05) is 45.0 Å². The molecule has 1 aromatic carbocycles. The van der Waals surface area contributed by atoms with Crippen molar-refractivity contribution in [3.63, 3.8) is 0 Å². The van der Waals surface area contributed by atoms with Crippen molar-refractivity contribution in [1.82, 2.24) is 20.4 Å². The van der Waals surface area contributed by atoms with Crippen LogP contribution in [0, 0.1) is 22.7 Å². The standard InChI is InChI=1S/C23H29N5O2S.C9H8N2O.C2H6/c1-3-17(14-24)23-27(2)22(30)19(16-31-23)15-26-20-8-6-18(7-9-20)21(29)25-10-13-28-11-4-5-12-28;10-6-8-2-1-3-9(5-4-8)11-7-12;1-2/h6-9,15,26H,3-5,10-13,16H2,1-2H3,(H,25,29);1-2,4-5,7H,3H2,(H,11,12);1-2H3/b19-15?,23-17+;;. The summed E-state index contributed by atoms with van der Waals surface area (Å²) in [7, 11) is 1.70. The molecular formula is C34H43N7O3S. The summed E-state index contributed by atoms with van der Waals surface area (Å²) in [6, 6.07) is 11.4. The number of thioether (sulfide) groups is 1. The van der Waals surface area contributed by atoms with Gasteiger partial charge >= 0.3 is 0 Å². The van der Waals surface area contributed by atoms with E-state index in [2.05, 4.69) is 26.9 Å². The lowest BCUT2D eigenvalue weighted by Gasteiger charge is -2.27. The Morgan fingerprint density at radius 3 is 2.42 bits per heavy atom. The van der Waals surface area contributed by atoms with E-state index in [9.17, 15) is 19.6 Å². The number of nitriles is 2. The van der Waals surface area contributed by atoms with Crippen molar-refractivity contribution in [2.75, 3.05) is 44.3 Å². The second kappa shape index (κ2) is 20.4. The summed E-state index contributed by atoms with van der Waals surface area (Å²) in [4.78, 5) is 38.9. The third-order valence-corrected chi connectivity index (χ3v) is 8.19. The Hall–Kier alpha value is -4.58. The number of hydrogen-bond acceptors (Lipinski definition) is 8. The monoisotopic (exact) mass is 629 g/mol. The van der Waals surface area contributed by atoms with Crippen LogP contribution in [-0.4, -0.2) is 67.0 Å². The second-order valence-corrected chi connectivity index (χ2v) is 10.9. The van der Waals surface area contributed by atoms with Gasteiger partial charge in [0.15, 0.2) is 0 Å². The summed E-state index contributed by atoms with van der Waals surface area (Å²) in [5, 5.41) is 27.2. The first-order valence-electron chi connectivity index (χ1n) is 15.2. The number of carbonyl (C=O) groups excluding carboxylic acids is 3. The van der Waals surface area contributed by atoms with Crippen molar-refractivity contribution in [2.45, 2.75) is 46.5 Å². The Balaban J connectivity index is 0.000000421. The number of hydrogen-bond donors (Lipinski definition) is 3. The smallest absolute Gasteiger partial charge is 0.256 e. The maximum absolute atomic E-state index is 12.6. The second-order valence-electron chi connectivity index (χ2n) is 9.89. The fourth-order valence-corrected chi connectivity index (χ4v) is 5.63. The van der Waals surface area contributed by atoms with Crippen LogP contribution in [0.5, 0.6) is 0 Å². The van der Waals surface area contributed by atoms with Crippen LogP contribution in [0.4, 0.5) is 5.69 Å². The van der Waals surface area contributed by atoms with E-state index in [-0.39, 0.29) is 11.8 Å². The highest BCUT2D eigenvalue weighted by atomic mass is 32.2. The van der Waals surface area contributed by atoms with E-state index in [0.29, 0.717) is 53.8 Å². The number of likely N-dealkylation sites (N-methyl/N-ethyl adjacent to an activating group) is 1. The summed E-state index contributed by atoms with van der Waals surface area (Å²) in [5.74, 6) is 0.318. The Morgan fingerprint density at radius 1 is 1.09 bits per heavy atom. The minimum Gasteiger partial charge on any atom is -0.361 e. The van der Waals surface area contributed by atoms with Gasteiger partial charge in [0.2, 0.25) is 6.41 Å². The highest BCUT2D eigenvalue weighted by Crippen LogP contribution is 2.32. The SMILES string of the molecule is CC.CC/C(C#N)=C1\SCC(=CNc2ccc(C(=O)NCCN3CCCC3)cc2)C(=O)N1C.N#CC1=CC=C(NC=O)CC=C1. The molecule has 0 radical (unpaired) electrons. The molecule has 11 heteroatoms. The van der Waals surface area contributed by atoms with Gasteiger partial charge in [-0.2, -0.15) is 10.5 Å². The quantitative estimate of drug-likeness (QED) is 0.192. The lowest BCUT2D eigenvalue weighted by molar-refractivity contribution is -0.124. The zero-order valence-corrected chi connectivity index (χ0v) is 27.4. The first kappa shape index (κ1) is 36.6. The van der Waals surface area contributed by atoms with Gasteiger partial charge in [-0.15, -0.1) is 11.8 Å². The summed E-state index contributed by atoms with van der Waals surface area (Å²) in [6.07, 6.45) is 13.1. The average molecular weight is 630 g/mol. The number of nitrogens with zero attached hydrogens (tertiary/aromatic N) is 4. The highest BCUT2D eigenvalue weighted by molar-refractivity contribution is 8.03. The number of allylic oxidation sites excluding steroid dienone is 6. The van der Waals surface area contributed by atoms with E-state index in [1.165, 1.54) is 24.6 Å². The first-order valence-corrected chi connectivity index (χ1v) is 16.2. The molecule has 1 aromatic rings. The number of rotatable bonds is 9. The maximum Gasteiger partial charge on any atom is 0.256 e. The number of amides is 3. The summed E-state index contributed by atoms with van der Waals surface area (Å²) in [6.45, 7) is 9.70. The molecule has 0 bridgehead atoms. The molecule has 2 heterocycles. The fraction of sp³-hybridized carbons (Fsp3) is 0.382. The Morgan fingerprint density at radius 2 is 1.80 bits per heavy atom. The highest BCUT2D eigenvalue weighted by Gasteiger charge is 2.27. The minimum atomic E-state index is -0.114. The Bertz CT molecular complexity index is 1410. The number of carbonyl (C=O) groups is 3. The third-order valence-electron chi connectivity index (χ3n) is 6.94. The Kier molecular flexibility index (Phi) is 16.6. The zero-order chi connectivity index (χ0) is 33.0. The molecule has 0 atom stereocenters. The van der Waals surface area contributed by atoms with Crippen molar-refractivity contribution in [3.05, 3.63) is 87.8 Å². The number of nitrogens with one attached hydrogen (secondary N) is 3. The van der Waals surface area contributed by atoms with Gasteiger partial charge in [0.1, 0.15) is 0 Å². The molecule has 2 saturated heterocycles. The van der Waals surface area contributed by atoms with Gasteiger partial charge in [0, 0.05) is 61.0 Å². The number of benzene rings is 1. The molecule has 3 aliphatic rings. The molecule has 238 valence electrons. The lowest BCUT2D eigenvalue weighted by Crippen LogP contribution is -2.33. The van der Waals surface area contributed by atoms with Gasteiger partial charge in [-0.3, -0.25) is 14.4 Å². The molecule has 3 amide bonds. The van der Waals surface area contributed by atoms with Gasteiger partial charge in [-0.1, -0.05) is 26.8 Å². The minimum absolute atomic E-state index is 0.0758. The van der Waals surface area contributed by atoms with E-state index in [1.54, 1.807) is 48.5 Å². The van der Waals surface area contributed by atoms with Crippen LogP contribution in [0.1, 0.15) is 56.8 Å². The van der Waals surface area contributed by atoms with Crippen molar-refractivity contribution in [3.8, 4) is 12.1 Å². The fourth-order valence-electron chi connectivity index (χ4n) is 4.49. The van der Waals surface area contributed by atoms with Gasteiger partial charge in [0.05, 0.1) is 28.3 Å². The summed E-state index contributed by atoms with van der Waals surface area (Å²) >= 11 is 1.50. The molecule has 3 N–H and O–H groups in total. The molecule has 10 nitrogen and oxygen atoms in total. The molecular weight excluding hydrogens is 586 g/mol. The molecule has 45 heavy (non-hydrogen) atoms. The summed E-state index contributed by atoms with van der Waals surface area (Å²) < 4.78 is 0. The zero-order valence-electron chi connectivity index (χ0n) is 26.6. The van der Waals surface area contributed by atoms with E-state index in [0.717, 1.165) is 36.0 Å². The van der Waals surface area contributed by atoms with Crippen LogP contribution in [0.15, 0.2) is 82.2 Å². The van der Waals surface area contributed by atoms with E-state index < -0.39 is 0 Å². The normalized spacial score (nSPS) is 18.0. The molecule has 1 aliphatic carbocycles. The molecule has 0 saturated carbocycles. The van der Waals surface area contributed by atoms with Crippen molar-refractivity contribution >= 4 is 35.7 Å². The van der Waals surface area contributed by atoms with Crippen molar-refractivity contribution < 1.29 is 14.4 Å². The van der Waals surface area contributed by atoms with Crippen LogP contribution in [0.3, 0.4) is 0 Å². The predicted molar refractivity (Wildman–Crippen MR) is 180 cm³/mol. The summed E-state index contributed by atoms with van der Waals surface area (Å²) in [5.41, 5.74) is 4.07. The third kappa shape index (κ3) is 11.8. The van der Waals surface area contributed by atoms with Crippen molar-refractivity contribution in [1.29, 1.82) is 10.5 Å². The Labute approximate surface area is 271 Å². The first-order chi connectivity index (χ1) is 21.9. The van der Waals surface area contributed by atoms with Gasteiger partial charge in [0.25, 0.3) is 11.8 Å². The van der Waals surface area contributed by atoms with Crippen LogP contribution in [0.25, 0.3) is 0 Å². The van der Waals surface area contributed by atoms with Crippen LogP contribution in [0.2, 0.25) is 0 Å². The van der Waals surface area contributed by atoms with Crippen LogP contribution >= 0.6 is 11.8 Å². The van der Waals surface area contributed by atoms with Gasteiger partial charge in [-0.25, -0.2) is 0 Å². The van der Waals surface area contributed by atoms with Crippen molar-refractivity contribution in [2.24, 2.45) is 0 Å². The van der Waals surface area contributed by atoms with Crippen LogP contribution < -0.4 is 16.0 Å². The average Bonchev–Trinajstić information content (AvgIpc) is 3.49. The van der Waals surface area contributed by atoms with Gasteiger partial charge < -0.3 is 25.8 Å². The molecule has 4 rings (SSSR count). The molecule has 0 unspecified atom stereocenters. The predicted octanol–water partition coefficient (Wildman–Crippen LogP) is 5.21. The van der Waals surface area contributed by atoms with Gasteiger partial charge in [-0.05, 0) is 74.8 Å². The lowest BCUT2D eigenvalue weighted by atomic mass is 10.2. The molecule has 0 spiro atoms. The number of anilines is 1. The topological polar surface area (TPSA) is 141 Å². The molecule has 2 aliphatic heterocycles. The van der Waals surface area contributed by atoms with E-state index in [4.69, 9.17) is 5.26 Å². The maximum atomic E-state index is 12.6. The largest absolute Gasteiger partial charge is 0.361 e. The molecule has 2 fully saturated rings. The van der Waals surface area contributed by atoms with Crippen LogP contribution in [-0.2, 0) is 9.59 Å². The van der Waals surface area contributed by atoms with E-state index >= 15 is 0 Å².